The van der Waals surface area contributed by atoms with Crippen molar-refractivity contribution in [3.63, 3.8) is 0 Å². The van der Waals surface area contributed by atoms with Crippen LogP contribution in [0.4, 0.5) is 5.82 Å². The summed E-state index contributed by atoms with van der Waals surface area (Å²) < 4.78 is 0. The molecule has 1 N–H and O–H groups in total. The summed E-state index contributed by atoms with van der Waals surface area (Å²) in [5.41, 5.74) is 2.28. The molecule has 0 aromatic carbocycles. The standard InChI is InChI=1S/C17H24N4/c1-4-18-14(3)15-9-10-17(20-12-15)21(5-2)13-16-8-6-7-11-19-16/h6-12,14,18H,4-5,13H2,1-3H3. The Morgan fingerprint density at radius 3 is 2.57 bits per heavy atom. The van der Waals surface area contributed by atoms with E-state index in [1.165, 1.54) is 5.56 Å². The molecule has 0 amide bonds. The van der Waals surface area contributed by atoms with E-state index in [4.69, 9.17) is 0 Å². The highest BCUT2D eigenvalue weighted by atomic mass is 15.2. The van der Waals surface area contributed by atoms with Gasteiger partial charge in [-0.2, -0.15) is 0 Å². The van der Waals surface area contributed by atoms with Gasteiger partial charge in [-0.1, -0.05) is 19.1 Å². The second-order valence-corrected chi connectivity index (χ2v) is 5.06. The van der Waals surface area contributed by atoms with Crippen LogP contribution in [0.2, 0.25) is 0 Å². The fourth-order valence-corrected chi connectivity index (χ4v) is 2.31. The van der Waals surface area contributed by atoms with Gasteiger partial charge < -0.3 is 10.2 Å². The third-order valence-corrected chi connectivity index (χ3v) is 3.57. The van der Waals surface area contributed by atoms with Crippen LogP contribution >= 0.6 is 0 Å². The zero-order chi connectivity index (χ0) is 15.1. The number of nitrogens with one attached hydrogen (secondary N) is 1. The number of anilines is 1. The lowest BCUT2D eigenvalue weighted by Crippen LogP contribution is -2.24. The Hall–Kier alpha value is -1.94. The lowest BCUT2D eigenvalue weighted by atomic mass is 10.1. The molecular weight excluding hydrogens is 260 g/mol. The largest absolute Gasteiger partial charge is 0.351 e. The van der Waals surface area contributed by atoms with Crippen LogP contribution in [-0.4, -0.2) is 23.1 Å². The molecule has 0 spiro atoms. The van der Waals surface area contributed by atoms with E-state index in [-0.39, 0.29) is 0 Å². The monoisotopic (exact) mass is 284 g/mol. The van der Waals surface area contributed by atoms with E-state index in [0.29, 0.717) is 6.04 Å². The van der Waals surface area contributed by atoms with Crippen molar-refractivity contribution in [2.24, 2.45) is 0 Å². The third kappa shape index (κ3) is 4.26. The molecule has 21 heavy (non-hydrogen) atoms. The van der Waals surface area contributed by atoms with Crippen molar-refractivity contribution in [3.8, 4) is 0 Å². The Morgan fingerprint density at radius 1 is 1.14 bits per heavy atom. The lowest BCUT2D eigenvalue weighted by molar-refractivity contribution is 0.596. The predicted octanol–water partition coefficient (Wildman–Crippen LogP) is 3.17. The SMILES string of the molecule is CCNC(C)c1ccc(N(CC)Cc2ccccn2)nc1. The van der Waals surface area contributed by atoms with E-state index >= 15 is 0 Å². The Balaban J connectivity index is 2.08. The maximum absolute atomic E-state index is 4.61. The molecule has 0 fully saturated rings. The predicted molar refractivity (Wildman–Crippen MR) is 87.3 cm³/mol. The molecule has 0 radical (unpaired) electrons. The van der Waals surface area contributed by atoms with Crippen LogP contribution in [0.3, 0.4) is 0 Å². The molecule has 112 valence electrons. The van der Waals surface area contributed by atoms with Gasteiger partial charge in [-0.3, -0.25) is 4.98 Å². The molecule has 0 bridgehead atoms. The molecule has 4 nitrogen and oxygen atoms in total. The number of rotatable bonds is 7. The van der Waals surface area contributed by atoms with E-state index in [2.05, 4.69) is 53.1 Å². The van der Waals surface area contributed by atoms with E-state index in [9.17, 15) is 0 Å². The second-order valence-electron chi connectivity index (χ2n) is 5.06. The van der Waals surface area contributed by atoms with Gasteiger partial charge in [0, 0.05) is 25.0 Å². The first kappa shape index (κ1) is 15.4. The van der Waals surface area contributed by atoms with Gasteiger partial charge in [0.15, 0.2) is 0 Å². The molecule has 4 heteroatoms. The minimum atomic E-state index is 0.336. The van der Waals surface area contributed by atoms with Gasteiger partial charge in [-0.25, -0.2) is 4.98 Å². The minimum Gasteiger partial charge on any atom is -0.351 e. The first-order valence-corrected chi connectivity index (χ1v) is 7.58. The molecular formula is C17H24N4. The molecule has 1 atom stereocenters. The average molecular weight is 284 g/mol. The van der Waals surface area contributed by atoms with Crippen LogP contribution < -0.4 is 10.2 Å². The molecule has 0 saturated heterocycles. The fraction of sp³-hybridized carbons (Fsp3) is 0.412. The van der Waals surface area contributed by atoms with Gasteiger partial charge in [-0.15, -0.1) is 0 Å². The summed E-state index contributed by atoms with van der Waals surface area (Å²) >= 11 is 0. The Bertz CT molecular complexity index is 524. The van der Waals surface area contributed by atoms with Gasteiger partial charge in [0.05, 0.1) is 12.2 Å². The van der Waals surface area contributed by atoms with Gasteiger partial charge >= 0.3 is 0 Å². The van der Waals surface area contributed by atoms with Crippen LogP contribution in [0, 0.1) is 0 Å². The first-order chi connectivity index (χ1) is 10.2. The first-order valence-electron chi connectivity index (χ1n) is 7.58. The molecule has 2 aromatic rings. The fourth-order valence-electron chi connectivity index (χ4n) is 2.31. The highest BCUT2D eigenvalue weighted by Gasteiger charge is 2.09. The number of hydrogen-bond acceptors (Lipinski definition) is 4. The normalized spacial score (nSPS) is 12.1. The number of pyridine rings is 2. The molecule has 2 heterocycles. The van der Waals surface area contributed by atoms with Gasteiger partial charge in [0.2, 0.25) is 0 Å². The second kappa shape index (κ2) is 7.74. The van der Waals surface area contributed by atoms with E-state index in [1.807, 2.05) is 30.6 Å². The summed E-state index contributed by atoms with van der Waals surface area (Å²) in [7, 11) is 0. The zero-order valence-electron chi connectivity index (χ0n) is 13.1. The van der Waals surface area contributed by atoms with E-state index < -0.39 is 0 Å². The Labute approximate surface area is 127 Å². The van der Waals surface area contributed by atoms with E-state index in [1.54, 1.807) is 0 Å². The summed E-state index contributed by atoms with van der Waals surface area (Å²) in [5.74, 6) is 0.996. The maximum Gasteiger partial charge on any atom is 0.128 e. The molecule has 2 rings (SSSR count). The maximum atomic E-state index is 4.61. The Kier molecular flexibility index (Phi) is 5.69. The van der Waals surface area contributed by atoms with Crippen molar-refractivity contribution < 1.29 is 0 Å². The average Bonchev–Trinajstić information content (AvgIpc) is 2.54. The third-order valence-electron chi connectivity index (χ3n) is 3.57. The van der Waals surface area contributed by atoms with Crippen LogP contribution in [0.1, 0.15) is 38.1 Å². The van der Waals surface area contributed by atoms with Gasteiger partial charge in [0.25, 0.3) is 0 Å². The van der Waals surface area contributed by atoms with Crippen molar-refractivity contribution in [2.45, 2.75) is 33.4 Å². The van der Waals surface area contributed by atoms with Crippen molar-refractivity contribution in [1.82, 2.24) is 15.3 Å². The van der Waals surface area contributed by atoms with Gasteiger partial charge in [-0.05, 0) is 44.2 Å². The lowest BCUT2D eigenvalue weighted by Gasteiger charge is -2.22. The smallest absolute Gasteiger partial charge is 0.128 e. The summed E-state index contributed by atoms with van der Waals surface area (Å²) in [6.07, 6.45) is 3.79. The molecule has 0 aliphatic heterocycles. The molecule has 1 unspecified atom stereocenters. The van der Waals surface area contributed by atoms with Crippen LogP contribution in [-0.2, 0) is 6.54 Å². The topological polar surface area (TPSA) is 41.0 Å². The summed E-state index contributed by atoms with van der Waals surface area (Å²) in [5, 5.41) is 3.40. The number of aromatic nitrogens is 2. The summed E-state index contributed by atoms with van der Waals surface area (Å²) in [6.45, 7) is 9.07. The Morgan fingerprint density at radius 2 is 2.00 bits per heavy atom. The highest BCUT2D eigenvalue weighted by Crippen LogP contribution is 2.17. The molecule has 0 aliphatic rings. The van der Waals surface area contributed by atoms with Gasteiger partial charge in [0.1, 0.15) is 5.82 Å². The number of hydrogen-bond donors (Lipinski definition) is 1. The van der Waals surface area contributed by atoms with Crippen LogP contribution in [0.25, 0.3) is 0 Å². The van der Waals surface area contributed by atoms with Crippen molar-refractivity contribution in [2.75, 3.05) is 18.0 Å². The van der Waals surface area contributed by atoms with Crippen molar-refractivity contribution >= 4 is 5.82 Å². The zero-order valence-corrected chi connectivity index (χ0v) is 13.1. The summed E-state index contributed by atoms with van der Waals surface area (Å²) in [6, 6.07) is 10.6. The van der Waals surface area contributed by atoms with Crippen molar-refractivity contribution in [3.05, 3.63) is 54.0 Å². The minimum absolute atomic E-state index is 0.336. The molecule has 0 saturated carbocycles. The molecule has 0 aliphatic carbocycles. The molecule has 2 aromatic heterocycles. The van der Waals surface area contributed by atoms with E-state index in [0.717, 1.165) is 31.1 Å². The quantitative estimate of drug-likeness (QED) is 0.848. The van der Waals surface area contributed by atoms with Crippen molar-refractivity contribution in [1.29, 1.82) is 0 Å². The number of nitrogens with zero attached hydrogens (tertiary/aromatic N) is 3. The summed E-state index contributed by atoms with van der Waals surface area (Å²) in [4.78, 5) is 11.2. The van der Waals surface area contributed by atoms with Crippen LogP contribution in [0.15, 0.2) is 42.7 Å². The van der Waals surface area contributed by atoms with Crippen LogP contribution in [0.5, 0.6) is 0 Å². The highest BCUT2D eigenvalue weighted by molar-refractivity contribution is 5.40.